The molecule has 1 saturated carbocycles. The van der Waals surface area contributed by atoms with Crippen LogP contribution in [0, 0.1) is 13.8 Å². The van der Waals surface area contributed by atoms with Crippen LogP contribution in [-0.4, -0.2) is 61.0 Å². The summed E-state index contributed by atoms with van der Waals surface area (Å²) >= 11 is 0. The molecule has 0 bridgehead atoms. The Hall–Kier alpha value is -1.63. The zero-order valence-electron chi connectivity index (χ0n) is 15.2. The monoisotopic (exact) mass is 347 g/mol. The van der Waals surface area contributed by atoms with Gasteiger partial charge in [0.05, 0.1) is 19.3 Å². The molecular formula is C19H29N3O3. The third-order valence-corrected chi connectivity index (χ3v) is 5.17. The van der Waals surface area contributed by atoms with Crippen LogP contribution >= 0.6 is 0 Å². The summed E-state index contributed by atoms with van der Waals surface area (Å²) in [5, 5.41) is 16.0. The minimum absolute atomic E-state index is 0.118. The standard InChI is InChI=1S/C19H29N3O3/c1-14-9-15(2)11-16(10-14)17(23)12-20-18(24)21-13-19(3-4-19)22-5-7-25-8-6-22/h9-11,17,23H,3-8,12-13H2,1-2H3,(H2,20,21,24)/t17-/m0/s1. The van der Waals surface area contributed by atoms with Crippen LogP contribution in [0.3, 0.4) is 0 Å². The molecule has 6 heteroatoms. The molecule has 2 aliphatic rings. The number of benzene rings is 1. The van der Waals surface area contributed by atoms with E-state index in [1.807, 2.05) is 26.0 Å². The van der Waals surface area contributed by atoms with Crippen LogP contribution in [0.4, 0.5) is 4.79 Å². The van der Waals surface area contributed by atoms with Gasteiger partial charge in [0.2, 0.25) is 0 Å². The van der Waals surface area contributed by atoms with Crippen LogP contribution in [0.5, 0.6) is 0 Å². The smallest absolute Gasteiger partial charge is 0.314 e. The van der Waals surface area contributed by atoms with E-state index in [0.29, 0.717) is 6.54 Å². The van der Waals surface area contributed by atoms with E-state index in [1.165, 1.54) is 0 Å². The van der Waals surface area contributed by atoms with E-state index < -0.39 is 6.10 Å². The first kappa shape index (κ1) is 18.2. The quantitative estimate of drug-likeness (QED) is 0.729. The topological polar surface area (TPSA) is 73.8 Å². The second kappa shape index (κ2) is 7.72. The molecule has 3 rings (SSSR count). The Morgan fingerprint density at radius 3 is 2.44 bits per heavy atom. The van der Waals surface area contributed by atoms with Gasteiger partial charge in [-0.05, 0) is 32.3 Å². The van der Waals surface area contributed by atoms with Crippen LogP contribution in [-0.2, 0) is 4.74 Å². The molecule has 1 aromatic rings. The SMILES string of the molecule is Cc1cc(C)cc([C@@H](O)CNC(=O)NCC2(N3CCOCC3)CC2)c1. The number of aliphatic hydroxyl groups is 1. The molecule has 1 aliphatic carbocycles. The minimum Gasteiger partial charge on any atom is -0.387 e. The Kier molecular flexibility index (Phi) is 5.61. The molecule has 1 aliphatic heterocycles. The normalized spacial score (nSPS) is 20.8. The average molecular weight is 347 g/mol. The first-order chi connectivity index (χ1) is 12.0. The van der Waals surface area contributed by atoms with Crippen molar-refractivity contribution in [3.05, 3.63) is 34.9 Å². The van der Waals surface area contributed by atoms with Gasteiger partial charge in [-0.2, -0.15) is 0 Å². The molecule has 1 heterocycles. The molecule has 0 unspecified atom stereocenters. The van der Waals surface area contributed by atoms with Gasteiger partial charge in [0, 0.05) is 31.7 Å². The number of aliphatic hydroxyl groups excluding tert-OH is 1. The maximum absolute atomic E-state index is 12.1. The van der Waals surface area contributed by atoms with Crippen molar-refractivity contribution in [2.45, 2.75) is 38.3 Å². The van der Waals surface area contributed by atoms with Gasteiger partial charge < -0.3 is 20.5 Å². The lowest BCUT2D eigenvalue weighted by Gasteiger charge is -2.35. The third kappa shape index (κ3) is 4.71. The predicted molar refractivity (Wildman–Crippen MR) is 96.6 cm³/mol. The molecule has 0 spiro atoms. The number of morpholine rings is 1. The maximum Gasteiger partial charge on any atom is 0.314 e. The zero-order valence-corrected chi connectivity index (χ0v) is 15.2. The molecular weight excluding hydrogens is 318 g/mol. The van der Waals surface area contributed by atoms with Crippen molar-refractivity contribution >= 4 is 6.03 Å². The fraction of sp³-hybridized carbons (Fsp3) is 0.632. The zero-order chi connectivity index (χ0) is 17.9. The lowest BCUT2D eigenvalue weighted by molar-refractivity contribution is 0.0102. The van der Waals surface area contributed by atoms with Crippen LogP contribution in [0.25, 0.3) is 0 Å². The van der Waals surface area contributed by atoms with E-state index in [9.17, 15) is 9.90 Å². The first-order valence-electron chi connectivity index (χ1n) is 9.09. The van der Waals surface area contributed by atoms with Crippen molar-refractivity contribution in [1.82, 2.24) is 15.5 Å². The molecule has 2 amide bonds. The number of urea groups is 1. The summed E-state index contributed by atoms with van der Waals surface area (Å²) in [6.07, 6.45) is 1.55. The fourth-order valence-electron chi connectivity index (χ4n) is 3.60. The molecule has 1 saturated heterocycles. The van der Waals surface area contributed by atoms with Gasteiger partial charge in [-0.3, -0.25) is 4.90 Å². The first-order valence-corrected chi connectivity index (χ1v) is 9.09. The van der Waals surface area contributed by atoms with Gasteiger partial charge in [0.1, 0.15) is 0 Å². The van der Waals surface area contributed by atoms with Gasteiger partial charge >= 0.3 is 6.03 Å². The number of aryl methyl sites for hydroxylation is 2. The van der Waals surface area contributed by atoms with Crippen molar-refractivity contribution < 1.29 is 14.6 Å². The average Bonchev–Trinajstić information content (AvgIpc) is 3.39. The van der Waals surface area contributed by atoms with E-state index >= 15 is 0 Å². The van der Waals surface area contributed by atoms with Gasteiger partial charge in [-0.1, -0.05) is 29.3 Å². The lowest BCUT2D eigenvalue weighted by Crippen LogP contribution is -2.52. The highest BCUT2D eigenvalue weighted by Crippen LogP contribution is 2.41. The van der Waals surface area contributed by atoms with Gasteiger partial charge in [-0.15, -0.1) is 0 Å². The number of hydrogen-bond donors (Lipinski definition) is 3. The van der Waals surface area contributed by atoms with Crippen molar-refractivity contribution in [2.24, 2.45) is 0 Å². The Morgan fingerprint density at radius 1 is 1.20 bits per heavy atom. The number of rotatable bonds is 6. The summed E-state index contributed by atoms with van der Waals surface area (Å²) in [7, 11) is 0. The number of carbonyl (C=O) groups excluding carboxylic acids is 1. The molecule has 6 nitrogen and oxygen atoms in total. The third-order valence-electron chi connectivity index (χ3n) is 5.17. The molecule has 1 atom stereocenters. The Labute approximate surface area is 149 Å². The number of nitrogens with zero attached hydrogens (tertiary/aromatic N) is 1. The summed E-state index contributed by atoms with van der Waals surface area (Å²) in [5.41, 5.74) is 3.18. The molecule has 0 radical (unpaired) electrons. The van der Waals surface area contributed by atoms with E-state index in [0.717, 1.165) is 55.8 Å². The van der Waals surface area contributed by atoms with E-state index in [1.54, 1.807) is 0 Å². The molecule has 0 aromatic heterocycles. The maximum atomic E-state index is 12.1. The molecule has 3 N–H and O–H groups in total. The van der Waals surface area contributed by atoms with Crippen molar-refractivity contribution in [1.29, 1.82) is 0 Å². The number of amides is 2. The fourth-order valence-corrected chi connectivity index (χ4v) is 3.60. The van der Waals surface area contributed by atoms with Crippen molar-refractivity contribution in [3.8, 4) is 0 Å². The number of carbonyl (C=O) groups is 1. The largest absolute Gasteiger partial charge is 0.387 e. The second-order valence-electron chi connectivity index (χ2n) is 7.32. The van der Waals surface area contributed by atoms with E-state index in [4.69, 9.17) is 4.74 Å². The predicted octanol–water partition coefficient (Wildman–Crippen LogP) is 1.50. The van der Waals surface area contributed by atoms with E-state index in [2.05, 4.69) is 21.6 Å². The van der Waals surface area contributed by atoms with E-state index in [-0.39, 0.29) is 18.1 Å². The van der Waals surface area contributed by atoms with Crippen LogP contribution in [0.1, 0.15) is 35.6 Å². The minimum atomic E-state index is -0.696. The molecule has 25 heavy (non-hydrogen) atoms. The van der Waals surface area contributed by atoms with Gasteiger partial charge in [0.25, 0.3) is 0 Å². The lowest BCUT2D eigenvalue weighted by atomic mass is 10.0. The van der Waals surface area contributed by atoms with Crippen molar-refractivity contribution in [3.63, 3.8) is 0 Å². The molecule has 2 fully saturated rings. The Bertz CT molecular complexity index is 590. The summed E-state index contributed by atoms with van der Waals surface area (Å²) in [5.74, 6) is 0. The van der Waals surface area contributed by atoms with Crippen LogP contribution in [0.2, 0.25) is 0 Å². The second-order valence-corrected chi connectivity index (χ2v) is 7.32. The Balaban J connectivity index is 1.43. The summed E-state index contributed by atoms with van der Waals surface area (Å²) in [6, 6.07) is 5.75. The summed E-state index contributed by atoms with van der Waals surface area (Å²) in [4.78, 5) is 14.5. The van der Waals surface area contributed by atoms with Crippen molar-refractivity contribution in [2.75, 3.05) is 39.4 Å². The van der Waals surface area contributed by atoms with Gasteiger partial charge in [-0.25, -0.2) is 4.79 Å². The number of hydrogen-bond acceptors (Lipinski definition) is 4. The molecule has 138 valence electrons. The summed E-state index contributed by atoms with van der Waals surface area (Å²) in [6.45, 7) is 8.29. The molecule has 1 aromatic carbocycles. The number of nitrogens with one attached hydrogen (secondary N) is 2. The summed E-state index contributed by atoms with van der Waals surface area (Å²) < 4.78 is 5.40. The highest BCUT2D eigenvalue weighted by atomic mass is 16.5. The van der Waals surface area contributed by atoms with Gasteiger partial charge in [0.15, 0.2) is 0 Å². The Morgan fingerprint density at radius 2 is 1.84 bits per heavy atom. The highest BCUT2D eigenvalue weighted by Gasteiger charge is 2.48. The number of ether oxygens (including phenoxy) is 1. The highest BCUT2D eigenvalue weighted by molar-refractivity contribution is 5.74. The van der Waals surface area contributed by atoms with Crippen LogP contribution < -0.4 is 10.6 Å². The van der Waals surface area contributed by atoms with Crippen LogP contribution in [0.15, 0.2) is 18.2 Å².